The first kappa shape index (κ1) is 25.8. The number of rotatable bonds is 5. The molecule has 4 aromatic rings. The molecule has 2 aromatic heterocycles. The van der Waals surface area contributed by atoms with E-state index in [1.54, 1.807) is 54.9 Å². The number of fused-ring (bicyclic) bond motifs is 1. The van der Waals surface area contributed by atoms with E-state index in [4.69, 9.17) is 4.78 Å². The van der Waals surface area contributed by atoms with Crippen LogP contribution in [0.5, 0.6) is 0 Å². The van der Waals surface area contributed by atoms with Crippen molar-refractivity contribution in [3.8, 4) is 0 Å². The minimum Gasteiger partial charge on any atom is -0.319 e. The molecule has 0 spiro atoms. The minimum absolute atomic E-state index is 0.0504. The predicted octanol–water partition coefficient (Wildman–Crippen LogP) is 6.17. The number of nitrogens with zero attached hydrogens (tertiary/aromatic N) is 3. The lowest BCUT2D eigenvalue weighted by atomic mass is 10.1. The maximum atomic E-state index is 13.5. The van der Waals surface area contributed by atoms with Crippen molar-refractivity contribution < 1.29 is 22.2 Å². The Balaban J connectivity index is 1.67. The van der Waals surface area contributed by atoms with Gasteiger partial charge in [0.1, 0.15) is 5.69 Å². The summed E-state index contributed by atoms with van der Waals surface area (Å²) < 4.78 is 62.2. The molecule has 2 N–H and O–H groups in total. The van der Waals surface area contributed by atoms with Crippen LogP contribution in [0.1, 0.15) is 33.0 Å². The van der Waals surface area contributed by atoms with Crippen molar-refractivity contribution in [2.24, 2.45) is 0 Å². The number of carbonyl (C=O) groups excluding carboxylic acids is 1. The zero-order valence-corrected chi connectivity index (χ0v) is 21.8. The maximum absolute atomic E-state index is 13.5. The van der Waals surface area contributed by atoms with Crippen LogP contribution in [-0.4, -0.2) is 31.1 Å². The quantitative estimate of drug-likeness (QED) is 0.295. The third kappa shape index (κ3) is 5.29. The molecule has 0 fully saturated rings. The van der Waals surface area contributed by atoms with Crippen LogP contribution in [0.2, 0.25) is 0 Å². The van der Waals surface area contributed by atoms with Gasteiger partial charge in [0.15, 0.2) is 0 Å². The Bertz CT molecular complexity index is 1600. The van der Waals surface area contributed by atoms with Gasteiger partial charge in [-0.2, -0.15) is 18.3 Å². The number of nitrogens with one attached hydrogen (secondary N) is 2. The van der Waals surface area contributed by atoms with E-state index in [1.165, 1.54) is 12.3 Å². The third-order valence-corrected chi connectivity index (χ3v) is 7.30. The Labute approximate surface area is 213 Å². The predicted molar refractivity (Wildman–Crippen MR) is 135 cm³/mol. The van der Waals surface area contributed by atoms with Crippen LogP contribution in [0.4, 0.5) is 18.9 Å². The SMILES string of the molecule is Cc1nn(Cc2ccc(S(C)(=N)=O)cc2)c(C)c1NC(=O)c1cc(C(F)(F)F)nc2ccc(Br)cc12. The summed E-state index contributed by atoms with van der Waals surface area (Å²) in [6, 6.07) is 12.0. The molecule has 1 amide bonds. The monoisotopic (exact) mass is 579 g/mol. The highest BCUT2D eigenvalue weighted by Crippen LogP contribution is 2.32. The molecule has 1 atom stereocenters. The lowest BCUT2D eigenvalue weighted by Gasteiger charge is -2.13. The number of benzene rings is 2. The lowest BCUT2D eigenvalue weighted by Crippen LogP contribution is -2.17. The second-order valence-electron chi connectivity index (χ2n) is 8.36. The lowest BCUT2D eigenvalue weighted by molar-refractivity contribution is -0.140. The summed E-state index contributed by atoms with van der Waals surface area (Å²) >= 11 is 3.29. The van der Waals surface area contributed by atoms with E-state index >= 15 is 0 Å². The van der Waals surface area contributed by atoms with Crippen LogP contribution in [0.25, 0.3) is 10.9 Å². The van der Waals surface area contributed by atoms with Crippen molar-refractivity contribution in [2.45, 2.75) is 31.5 Å². The van der Waals surface area contributed by atoms with Crippen molar-refractivity contribution >= 4 is 48.2 Å². The molecule has 12 heteroatoms. The Morgan fingerprint density at radius 2 is 1.81 bits per heavy atom. The van der Waals surface area contributed by atoms with E-state index < -0.39 is 27.5 Å². The molecule has 2 aromatic carbocycles. The summed E-state index contributed by atoms with van der Waals surface area (Å²) in [6.07, 6.45) is -3.37. The zero-order chi connectivity index (χ0) is 26.4. The fourth-order valence-electron chi connectivity index (χ4n) is 3.77. The van der Waals surface area contributed by atoms with E-state index in [0.717, 1.165) is 11.6 Å². The Kier molecular flexibility index (Phi) is 6.69. The standard InChI is InChI=1S/C24H21BrF3N5O2S/c1-13-22(14(2)33(32-13)12-15-4-7-17(8-5-15)36(3,29)35)31-23(34)19-11-21(24(26,27)28)30-20-9-6-16(25)10-18(19)20/h4-11,29H,12H2,1-3H3,(H,31,34). The highest BCUT2D eigenvalue weighted by Gasteiger charge is 2.34. The number of aryl methyl sites for hydroxylation is 1. The van der Waals surface area contributed by atoms with Gasteiger partial charge in [-0.15, -0.1) is 0 Å². The minimum atomic E-state index is -4.71. The van der Waals surface area contributed by atoms with Crippen LogP contribution < -0.4 is 5.32 Å². The normalized spacial score (nSPS) is 13.5. The van der Waals surface area contributed by atoms with E-state index in [0.29, 0.717) is 33.0 Å². The number of hydrogen-bond donors (Lipinski definition) is 2. The molecule has 0 bridgehead atoms. The van der Waals surface area contributed by atoms with Crippen molar-refractivity contribution in [3.63, 3.8) is 0 Å². The molecule has 7 nitrogen and oxygen atoms in total. The van der Waals surface area contributed by atoms with Gasteiger partial charge >= 0.3 is 6.18 Å². The topological polar surface area (TPSA) is 101 Å². The molecule has 1 unspecified atom stereocenters. The van der Waals surface area contributed by atoms with E-state index in [1.807, 2.05) is 0 Å². The van der Waals surface area contributed by atoms with E-state index in [2.05, 4.69) is 31.3 Å². The zero-order valence-electron chi connectivity index (χ0n) is 19.4. The summed E-state index contributed by atoms with van der Waals surface area (Å²) in [5.41, 5.74) is 1.08. The van der Waals surface area contributed by atoms with Crippen LogP contribution >= 0.6 is 15.9 Å². The Morgan fingerprint density at radius 1 is 1.14 bits per heavy atom. The first-order chi connectivity index (χ1) is 16.7. The molecule has 188 valence electrons. The average Bonchev–Trinajstić information content (AvgIpc) is 3.04. The first-order valence-electron chi connectivity index (χ1n) is 10.6. The molecule has 0 aliphatic heterocycles. The van der Waals surface area contributed by atoms with Gasteiger partial charge in [-0.25, -0.2) is 14.0 Å². The van der Waals surface area contributed by atoms with Crippen LogP contribution in [-0.2, 0) is 22.5 Å². The van der Waals surface area contributed by atoms with Crippen molar-refractivity contribution in [3.05, 3.63) is 81.2 Å². The van der Waals surface area contributed by atoms with Crippen molar-refractivity contribution in [1.82, 2.24) is 14.8 Å². The Morgan fingerprint density at radius 3 is 2.42 bits per heavy atom. The highest BCUT2D eigenvalue weighted by molar-refractivity contribution is 9.10. The summed E-state index contributed by atoms with van der Waals surface area (Å²) in [6.45, 7) is 3.78. The number of pyridine rings is 1. The second-order valence-corrected chi connectivity index (χ2v) is 11.4. The molecule has 0 saturated carbocycles. The van der Waals surface area contributed by atoms with Crippen LogP contribution in [0.15, 0.2) is 57.9 Å². The number of hydrogen-bond acceptors (Lipinski definition) is 5. The number of anilines is 1. The number of halogens is 4. The first-order valence-corrected chi connectivity index (χ1v) is 13.4. The molecule has 4 rings (SSSR count). The van der Waals surface area contributed by atoms with Gasteiger partial charge in [-0.1, -0.05) is 28.1 Å². The smallest absolute Gasteiger partial charge is 0.319 e. The average molecular weight is 580 g/mol. The van der Waals surface area contributed by atoms with Gasteiger partial charge in [0.25, 0.3) is 5.91 Å². The maximum Gasteiger partial charge on any atom is 0.433 e. The van der Waals surface area contributed by atoms with Crippen molar-refractivity contribution in [1.29, 1.82) is 4.78 Å². The van der Waals surface area contributed by atoms with E-state index in [9.17, 15) is 22.2 Å². The summed E-state index contributed by atoms with van der Waals surface area (Å²) in [7, 11) is -2.82. The van der Waals surface area contributed by atoms with Crippen molar-refractivity contribution in [2.75, 3.05) is 11.6 Å². The van der Waals surface area contributed by atoms with Gasteiger partial charge in [0.05, 0.1) is 44.4 Å². The summed E-state index contributed by atoms with van der Waals surface area (Å²) in [5, 5.41) is 7.47. The van der Waals surface area contributed by atoms with Crippen LogP contribution in [0, 0.1) is 18.6 Å². The number of carbonyl (C=O) groups is 1. The molecule has 0 radical (unpaired) electrons. The fourth-order valence-corrected chi connectivity index (χ4v) is 4.79. The molecular formula is C24H21BrF3N5O2S. The molecule has 0 aliphatic carbocycles. The fraction of sp³-hybridized carbons (Fsp3) is 0.208. The summed E-state index contributed by atoms with van der Waals surface area (Å²) in [5.74, 6) is -0.714. The molecule has 0 aliphatic rings. The van der Waals surface area contributed by atoms with E-state index in [-0.39, 0.29) is 16.5 Å². The Hall–Kier alpha value is -3.25. The second kappa shape index (κ2) is 9.32. The molecule has 36 heavy (non-hydrogen) atoms. The number of amides is 1. The third-order valence-electron chi connectivity index (χ3n) is 5.63. The molecule has 2 heterocycles. The molecular weight excluding hydrogens is 559 g/mol. The summed E-state index contributed by atoms with van der Waals surface area (Å²) in [4.78, 5) is 17.3. The van der Waals surface area contributed by atoms with Crippen LogP contribution in [0.3, 0.4) is 0 Å². The van der Waals surface area contributed by atoms with Gasteiger partial charge in [-0.3, -0.25) is 9.48 Å². The number of alkyl halides is 3. The van der Waals surface area contributed by atoms with Gasteiger partial charge in [0, 0.05) is 21.0 Å². The molecule has 0 saturated heterocycles. The van der Waals surface area contributed by atoms with Gasteiger partial charge in [0.2, 0.25) is 0 Å². The van der Waals surface area contributed by atoms with Gasteiger partial charge < -0.3 is 5.32 Å². The largest absolute Gasteiger partial charge is 0.433 e. The van der Waals surface area contributed by atoms with Gasteiger partial charge in [-0.05, 0) is 55.8 Å². The highest BCUT2D eigenvalue weighted by atomic mass is 79.9. The number of aromatic nitrogens is 3.